The van der Waals surface area contributed by atoms with Gasteiger partial charge in [-0.3, -0.25) is 0 Å². The molecule has 1 N–H and O–H groups in total. The lowest BCUT2D eigenvalue weighted by molar-refractivity contribution is -0.150. The van der Waals surface area contributed by atoms with Gasteiger partial charge in [0.15, 0.2) is 0 Å². The molecule has 0 rings (SSSR count). The molecule has 1 atom stereocenters. The molecule has 0 fully saturated rings. The fraction of sp³-hybridized carbons (Fsp3) is 1.00. The number of hydrogen-bond donors (Lipinski definition) is 1. The number of halogens is 4. The van der Waals surface area contributed by atoms with E-state index in [1.54, 1.807) is 0 Å². The van der Waals surface area contributed by atoms with Gasteiger partial charge in [-0.25, -0.2) is 0 Å². The molecule has 0 aliphatic rings. The second-order valence-electron chi connectivity index (χ2n) is 1.63. The summed E-state index contributed by atoms with van der Waals surface area (Å²) in [5.74, 6) is -0.375. The van der Waals surface area contributed by atoms with Crippen LogP contribution in [-0.2, 0) is 0 Å². The van der Waals surface area contributed by atoms with Crippen LogP contribution in [0, 0.1) is 0 Å². The van der Waals surface area contributed by atoms with E-state index >= 15 is 0 Å². The predicted molar refractivity (Wildman–Crippen MR) is 27.4 cm³/mol. The number of rotatable bonds is 2. The molecule has 0 amide bonds. The lowest BCUT2D eigenvalue weighted by Gasteiger charge is -2.08. The third kappa shape index (κ3) is 5.92. The third-order valence-electron chi connectivity index (χ3n) is 0.645. The van der Waals surface area contributed by atoms with Crippen molar-refractivity contribution in [3.05, 3.63) is 0 Å². The second kappa shape index (κ2) is 3.27. The minimum atomic E-state index is -4.31. The lowest BCUT2D eigenvalue weighted by Crippen LogP contribution is -2.20. The molecule has 0 bridgehead atoms. The van der Waals surface area contributed by atoms with Crippen molar-refractivity contribution >= 4 is 11.6 Å². The van der Waals surface area contributed by atoms with E-state index in [1.807, 2.05) is 0 Å². The molecule has 0 saturated heterocycles. The Morgan fingerprint density at radius 2 is 1.89 bits per heavy atom. The van der Waals surface area contributed by atoms with Crippen LogP contribution in [-0.4, -0.2) is 23.3 Å². The van der Waals surface area contributed by atoms with Gasteiger partial charge in [-0.2, -0.15) is 13.2 Å². The smallest absolute Gasteiger partial charge is 0.391 e. The van der Waals surface area contributed by atoms with E-state index in [0.717, 1.165) is 0 Å². The van der Waals surface area contributed by atoms with Gasteiger partial charge in [0.1, 0.15) is 0 Å². The van der Waals surface area contributed by atoms with Crippen molar-refractivity contribution in [1.82, 2.24) is 0 Å². The highest BCUT2D eigenvalue weighted by molar-refractivity contribution is 6.18. The van der Waals surface area contributed by atoms with Crippen molar-refractivity contribution in [2.75, 3.05) is 5.88 Å². The first kappa shape index (κ1) is 9.04. The zero-order chi connectivity index (χ0) is 7.49. The summed E-state index contributed by atoms with van der Waals surface area (Å²) >= 11 is 4.91. The fourth-order valence-electron chi connectivity index (χ4n) is 0.322. The molecule has 1 nitrogen and oxygen atoms in total. The maximum atomic E-state index is 11.3. The first-order chi connectivity index (χ1) is 3.95. The molecular weight excluding hydrogens is 156 g/mol. The SMILES string of the molecule is OC(CCl)CC(F)(F)F. The molecule has 9 heavy (non-hydrogen) atoms. The van der Waals surface area contributed by atoms with Crippen molar-refractivity contribution in [3.8, 4) is 0 Å². The van der Waals surface area contributed by atoms with Crippen molar-refractivity contribution < 1.29 is 18.3 Å². The number of aliphatic hydroxyl groups excluding tert-OH is 1. The Kier molecular flexibility index (Phi) is 3.28. The third-order valence-corrected chi connectivity index (χ3v) is 1.00. The Bertz CT molecular complexity index is 82.4. The zero-order valence-corrected chi connectivity index (χ0v) is 5.21. The highest BCUT2D eigenvalue weighted by Gasteiger charge is 2.30. The Morgan fingerprint density at radius 3 is 2.00 bits per heavy atom. The van der Waals surface area contributed by atoms with E-state index in [9.17, 15) is 13.2 Å². The number of alkyl halides is 4. The van der Waals surface area contributed by atoms with E-state index in [4.69, 9.17) is 16.7 Å². The minimum absolute atomic E-state index is 0.375. The van der Waals surface area contributed by atoms with Gasteiger partial charge in [0.25, 0.3) is 0 Å². The standard InChI is InChI=1S/C4H6ClF3O/c5-2-3(9)1-4(6,7)8/h3,9H,1-2H2. The molecule has 0 aliphatic carbocycles. The largest absolute Gasteiger partial charge is 0.392 e. The van der Waals surface area contributed by atoms with Gasteiger partial charge in [0, 0.05) is 5.88 Å². The van der Waals surface area contributed by atoms with Gasteiger partial charge < -0.3 is 5.11 Å². The van der Waals surface area contributed by atoms with Crippen LogP contribution in [0.1, 0.15) is 6.42 Å². The second-order valence-corrected chi connectivity index (χ2v) is 1.94. The van der Waals surface area contributed by atoms with Gasteiger partial charge in [0.2, 0.25) is 0 Å². The summed E-state index contributed by atoms with van der Waals surface area (Å²) in [7, 11) is 0. The van der Waals surface area contributed by atoms with Crippen LogP contribution < -0.4 is 0 Å². The van der Waals surface area contributed by atoms with E-state index in [0.29, 0.717) is 0 Å². The molecule has 0 aromatic rings. The summed E-state index contributed by atoms with van der Waals surface area (Å²) in [4.78, 5) is 0. The van der Waals surface area contributed by atoms with Crippen molar-refractivity contribution in [2.45, 2.75) is 18.7 Å². The Morgan fingerprint density at radius 1 is 1.44 bits per heavy atom. The van der Waals surface area contributed by atoms with Gasteiger partial charge in [0.05, 0.1) is 12.5 Å². The van der Waals surface area contributed by atoms with Crippen LogP contribution in [0.5, 0.6) is 0 Å². The van der Waals surface area contributed by atoms with Gasteiger partial charge >= 0.3 is 6.18 Å². The Labute approximate surface area is 55.4 Å². The van der Waals surface area contributed by atoms with Crippen LogP contribution in [0.15, 0.2) is 0 Å². The first-order valence-electron chi connectivity index (χ1n) is 2.26. The summed E-state index contributed by atoms with van der Waals surface area (Å²) < 4.78 is 33.8. The number of aliphatic hydroxyl groups is 1. The molecule has 0 aliphatic heterocycles. The van der Waals surface area contributed by atoms with E-state index in [1.165, 1.54) is 0 Å². The minimum Gasteiger partial charge on any atom is -0.392 e. The van der Waals surface area contributed by atoms with Crippen molar-refractivity contribution in [1.29, 1.82) is 0 Å². The lowest BCUT2D eigenvalue weighted by atomic mass is 10.3. The van der Waals surface area contributed by atoms with E-state index in [-0.39, 0.29) is 5.88 Å². The quantitative estimate of drug-likeness (QED) is 0.611. The Balaban J connectivity index is 3.47. The van der Waals surface area contributed by atoms with Crippen LogP contribution in [0.4, 0.5) is 13.2 Å². The summed E-state index contributed by atoms with van der Waals surface area (Å²) in [6.07, 6.45) is -7.00. The molecule has 0 aromatic carbocycles. The van der Waals surface area contributed by atoms with Crippen LogP contribution in [0.3, 0.4) is 0 Å². The van der Waals surface area contributed by atoms with Gasteiger partial charge in [-0.1, -0.05) is 0 Å². The molecule has 1 unspecified atom stereocenters. The average Bonchev–Trinajstić information content (AvgIpc) is 1.62. The van der Waals surface area contributed by atoms with E-state index in [2.05, 4.69) is 0 Å². The van der Waals surface area contributed by atoms with Gasteiger partial charge in [-0.15, -0.1) is 11.6 Å². The molecule has 56 valence electrons. The predicted octanol–water partition coefficient (Wildman–Crippen LogP) is 1.54. The average molecular weight is 163 g/mol. The Hall–Kier alpha value is 0.0400. The van der Waals surface area contributed by atoms with E-state index < -0.39 is 18.7 Å². The molecule has 0 heterocycles. The zero-order valence-electron chi connectivity index (χ0n) is 4.45. The summed E-state index contributed by atoms with van der Waals surface area (Å²) in [6, 6.07) is 0. The van der Waals surface area contributed by atoms with Crippen LogP contribution in [0.25, 0.3) is 0 Å². The fourth-order valence-corrected chi connectivity index (χ4v) is 0.431. The normalized spacial score (nSPS) is 15.7. The molecule has 0 spiro atoms. The highest BCUT2D eigenvalue weighted by atomic mass is 35.5. The monoisotopic (exact) mass is 162 g/mol. The summed E-state index contributed by atoms with van der Waals surface area (Å²) in [5, 5.41) is 8.34. The maximum Gasteiger partial charge on any atom is 0.391 e. The van der Waals surface area contributed by atoms with Gasteiger partial charge in [-0.05, 0) is 0 Å². The first-order valence-corrected chi connectivity index (χ1v) is 2.80. The molecule has 0 radical (unpaired) electrons. The number of hydrogen-bond acceptors (Lipinski definition) is 1. The molecular formula is C4H6ClF3O. The van der Waals surface area contributed by atoms with Crippen LogP contribution >= 0.6 is 11.6 Å². The highest BCUT2D eigenvalue weighted by Crippen LogP contribution is 2.21. The molecule has 0 aromatic heterocycles. The van der Waals surface area contributed by atoms with Crippen LogP contribution in [0.2, 0.25) is 0 Å². The molecule has 0 saturated carbocycles. The van der Waals surface area contributed by atoms with Crippen molar-refractivity contribution in [3.63, 3.8) is 0 Å². The summed E-state index contributed by atoms with van der Waals surface area (Å²) in [6.45, 7) is 0. The maximum absolute atomic E-state index is 11.3. The topological polar surface area (TPSA) is 20.2 Å². The molecule has 5 heteroatoms. The van der Waals surface area contributed by atoms with Crippen molar-refractivity contribution in [2.24, 2.45) is 0 Å². The summed E-state index contributed by atoms with van der Waals surface area (Å²) in [5.41, 5.74) is 0.